The molecule has 1 aromatic carbocycles. The number of nitrogens with zero attached hydrogens (tertiary/aromatic N) is 1. The van der Waals surface area contributed by atoms with E-state index >= 15 is 0 Å². The van der Waals surface area contributed by atoms with Crippen LogP contribution < -0.4 is 5.32 Å². The first kappa shape index (κ1) is 11.3. The molecule has 16 heavy (non-hydrogen) atoms. The first-order valence-electron chi connectivity index (χ1n) is 5.37. The summed E-state index contributed by atoms with van der Waals surface area (Å²) in [5.74, 6) is 0. The summed E-state index contributed by atoms with van der Waals surface area (Å²) in [5.41, 5.74) is 3.98. The molecule has 0 fully saturated rings. The zero-order valence-corrected chi connectivity index (χ0v) is 10.6. The fraction of sp³-hybridized carbons (Fsp3) is 0.308. The van der Waals surface area contributed by atoms with Gasteiger partial charge in [0.2, 0.25) is 0 Å². The number of aromatic nitrogens is 1. The van der Waals surface area contributed by atoms with Crippen molar-refractivity contribution in [2.24, 2.45) is 0 Å². The van der Waals surface area contributed by atoms with Gasteiger partial charge in [0.25, 0.3) is 0 Å². The van der Waals surface area contributed by atoms with Crippen LogP contribution in [0.2, 0.25) is 0 Å². The SMILES string of the molecule is CNC(c1nccs1)c1c(C)cccc1C. The lowest BCUT2D eigenvalue weighted by Gasteiger charge is -2.19. The minimum Gasteiger partial charge on any atom is -0.307 e. The number of hydrogen-bond donors (Lipinski definition) is 1. The molecule has 1 unspecified atom stereocenters. The fourth-order valence-electron chi connectivity index (χ4n) is 2.05. The number of nitrogens with one attached hydrogen (secondary N) is 1. The van der Waals surface area contributed by atoms with Crippen molar-refractivity contribution in [1.29, 1.82) is 0 Å². The van der Waals surface area contributed by atoms with Crippen molar-refractivity contribution in [1.82, 2.24) is 10.3 Å². The Morgan fingerprint density at radius 1 is 1.25 bits per heavy atom. The Labute approximate surface area is 100 Å². The third kappa shape index (κ3) is 2.01. The molecule has 0 bridgehead atoms. The van der Waals surface area contributed by atoms with Gasteiger partial charge >= 0.3 is 0 Å². The summed E-state index contributed by atoms with van der Waals surface area (Å²) in [4.78, 5) is 4.40. The van der Waals surface area contributed by atoms with Crippen LogP contribution >= 0.6 is 11.3 Å². The van der Waals surface area contributed by atoms with Crippen molar-refractivity contribution in [3.63, 3.8) is 0 Å². The van der Waals surface area contributed by atoms with Gasteiger partial charge in [-0.05, 0) is 37.6 Å². The molecule has 2 rings (SSSR count). The largest absolute Gasteiger partial charge is 0.307 e. The zero-order chi connectivity index (χ0) is 11.5. The number of aryl methyl sites for hydroxylation is 2. The molecule has 0 saturated carbocycles. The molecule has 0 saturated heterocycles. The van der Waals surface area contributed by atoms with E-state index in [0.29, 0.717) is 0 Å². The van der Waals surface area contributed by atoms with Gasteiger partial charge < -0.3 is 5.32 Å². The highest BCUT2D eigenvalue weighted by atomic mass is 32.1. The third-order valence-corrected chi connectivity index (χ3v) is 3.66. The molecule has 0 radical (unpaired) electrons. The maximum Gasteiger partial charge on any atom is 0.114 e. The minimum absolute atomic E-state index is 0.209. The second-order valence-corrected chi connectivity index (χ2v) is 4.82. The molecule has 0 aliphatic rings. The maximum absolute atomic E-state index is 4.40. The van der Waals surface area contributed by atoms with E-state index in [-0.39, 0.29) is 6.04 Å². The van der Waals surface area contributed by atoms with E-state index in [9.17, 15) is 0 Å². The highest BCUT2D eigenvalue weighted by molar-refractivity contribution is 7.09. The molecule has 0 spiro atoms. The lowest BCUT2D eigenvalue weighted by atomic mass is 9.96. The quantitative estimate of drug-likeness (QED) is 0.879. The molecular weight excluding hydrogens is 216 g/mol. The van der Waals surface area contributed by atoms with Crippen molar-refractivity contribution in [3.05, 3.63) is 51.5 Å². The van der Waals surface area contributed by atoms with Gasteiger partial charge in [0.15, 0.2) is 0 Å². The molecule has 1 atom stereocenters. The molecular formula is C13H16N2S. The number of benzene rings is 1. The average molecular weight is 232 g/mol. The van der Waals surface area contributed by atoms with Crippen molar-refractivity contribution in [2.45, 2.75) is 19.9 Å². The predicted molar refractivity (Wildman–Crippen MR) is 68.9 cm³/mol. The minimum atomic E-state index is 0.209. The van der Waals surface area contributed by atoms with Gasteiger partial charge in [-0.25, -0.2) is 4.98 Å². The summed E-state index contributed by atoms with van der Waals surface area (Å²) >= 11 is 1.69. The van der Waals surface area contributed by atoms with Crippen LogP contribution in [0.1, 0.15) is 27.7 Å². The van der Waals surface area contributed by atoms with Crippen molar-refractivity contribution >= 4 is 11.3 Å². The Morgan fingerprint density at radius 2 is 1.94 bits per heavy atom. The molecule has 3 heteroatoms. The van der Waals surface area contributed by atoms with Gasteiger partial charge in [0.05, 0.1) is 6.04 Å². The van der Waals surface area contributed by atoms with E-state index in [1.165, 1.54) is 16.7 Å². The molecule has 1 aromatic heterocycles. The van der Waals surface area contributed by atoms with Crippen LogP contribution in [0, 0.1) is 13.8 Å². The normalized spacial score (nSPS) is 12.7. The van der Waals surface area contributed by atoms with Crippen LogP contribution in [0.15, 0.2) is 29.8 Å². The van der Waals surface area contributed by atoms with Gasteiger partial charge in [0.1, 0.15) is 5.01 Å². The highest BCUT2D eigenvalue weighted by Gasteiger charge is 2.18. The van der Waals surface area contributed by atoms with Crippen LogP contribution in [0.25, 0.3) is 0 Å². The monoisotopic (exact) mass is 232 g/mol. The van der Waals surface area contributed by atoms with E-state index in [2.05, 4.69) is 42.3 Å². The molecule has 84 valence electrons. The van der Waals surface area contributed by atoms with Gasteiger partial charge in [-0.3, -0.25) is 0 Å². The highest BCUT2D eigenvalue weighted by Crippen LogP contribution is 2.28. The molecule has 2 aromatic rings. The lowest BCUT2D eigenvalue weighted by molar-refractivity contribution is 0.678. The summed E-state index contributed by atoms with van der Waals surface area (Å²) in [5, 5.41) is 6.50. The average Bonchev–Trinajstić information content (AvgIpc) is 2.77. The van der Waals surface area contributed by atoms with Crippen molar-refractivity contribution in [3.8, 4) is 0 Å². The third-order valence-electron chi connectivity index (χ3n) is 2.82. The van der Waals surface area contributed by atoms with E-state index in [1.807, 2.05) is 18.6 Å². The Kier molecular flexibility index (Phi) is 3.36. The Hall–Kier alpha value is -1.19. The van der Waals surface area contributed by atoms with E-state index < -0.39 is 0 Å². The lowest BCUT2D eigenvalue weighted by Crippen LogP contribution is -2.19. The first-order chi connectivity index (χ1) is 7.74. The van der Waals surface area contributed by atoms with Crippen LogP contribution in [0.3, 0.4) is 0 Å². The maximum atomic E-state index is 4.40. The van der Waals surface area contributed by atoms with Crippen LogP contribution in [-0.2, 0) is 0 Å². The van der Waals surface area contributed by atoms with Gasteiger partial charge in [-0.1, -0.05) is 18.2 Å². The summed E-state index contributed by atoms with van der Waals surface area (Å²) in [7, 11) is 1.98. The zero-order valence-electron chi connectivity index (χ0n) is 9.82. The number of hydrogen-bond acceptors (Lipinski definition) is 3. The summed E-state index contributed by atoms with van der Waals surface area (Å²) in [6.45, 7) is 4.31. The van der Waals surface area contributed by atoms with Crippen molar-refractivity contribution < 1.29 is 0 Å². The second kappa shape index (κ2) is 4.76. The second-order valence-electron chi connectivity index (χ2n) is 3.90. The Morgan fingerprint density at radius 3 is 2.44 bits per heavy atom. The van der Waals surface area contributed by atoms with Crippen molar-refractivity contribution in [2.75, 3.05) is 7.05 Å². The first-order valence-corrected chi connectivity index (χ1v) is 6.24. The standard InChI is InChI=1S/C13H16N2S/c1-9-5-4-6-10(2)11(9)12(14-3)13-15-7-8-16-13/h4-8,12,14H,1-3H3. The summed E-state index contributed by atoms with van der Waals surface area (Å²) < 4.78 is 0. The number of thiazole rings is 1. The van der Waals surface area contributed by atoms with Gasteiger partial charge in [-0.2, -0.15) is 0 Å². The van der Waals surface area contributed by atoms with Gasteiger partial charge in [-0.15, -0.1) is 11.3 Å². The van der Waals surface area contributed by atoms with E-state index in [4.69, 9.17) is 0 Å². The smallest absolute Gasteiger partial charge is 0.114 e. The number of rotatable bonds is 3. The van der Waals surface area contributed by atoms with E-state index in [1.54, 1.807) is 11.3 Å². The van der Waals surface area contributed by atoms with Crippen LogP contribution in [-0.4, -0.2) is 12.0 Å². The van der Waals surface area contributed by atoms with Crippen LogP contribution in [0.4, 0.5) is 0 Å². The molecule has 2 nitrogen and oxygen atoms in total. The summed E-state index contributed by atoms with van der Waals surface area (Å²) in [6.07, 6.45) is 1.86. The predicted octanol–water partition coefficient (Wildman–Crippen LogP) is 3.07. The fourth-order valence-corrected chi connectivity index (χ4v) is 2.81. The molecule has 1 heterocycles. The van der Waals surface area contributed by atoms with Crippen LogP contribution in [0.5, 0.6) is 0 Å². The molecule has 0 aliphatic heterocycles. The Balaban J connectivity index is 2.49. The van der Waals surface area contributed by atoms with E-state index in [0.717, 1.165) is 5.01 Å². The Bertz CT molecular complexity index is 443. The summed E-state index contributed by atoms with van der Waals surface area (Å²) in [6, 6.07) is 6.62. The molecule has 1 N–H and O–H groups in total. The molecule has 0 aliphatic carbocycles. The van der Waals surface area contributed by atoms with Gasteiger partial charge in [0, 0.05) is 11.6 Å². The topological polar surface area (TPSA) is 24.9 Å². The molecule has 0 amide bonds.